The molecule has 1 N–H and O–H groups in total. The molecule has 2 aromatic rings. The zero-order valence-electron chi connectivity index (χ0n) is 11.9. The third kappa shape index (κ3) is 7.10. The van der Waals surface area contributed by atoms with Crippen molar-refractivity contribution in [1.29, 1.82) is 0 Å². The Kier molecular flexibility index (Phi) is 8.21. The normalized spacial score (nSPS) is 9.83. The van der Waals surface area contributed by atoms with Crippen molar-refractivity contribution in [2.24, 2.45) is 0 Å². The van der Waals surface area contributed by atoms with Gasteiger partial charge in [-0.1, -0.05) is 0 Å². The summed E-state index contributed by atoms with van der Waals surface area (Å²) in [6.07, 6.45) is 2.14. The summed E-state index contributed by atoms with van der Waals surface area (Å²) in [7, 11) is 0. The minimum absolute atomic E-state index is 0.0637. The lowest BCUT2D eigenvalue weighted by Gasteiger charge is -2.01. The third-order valence-electron chi connectivity index (χ3n) is 2.32. The van der Waals surface area contributed by atoms with Crippen LogP contribution in [0, 0.1) is 11.6 Å². The van der Waals surface area contributed by atoms with Gasteiger partial charge in [-0.15, -0.1) is 0 Å². The zero-order valence-corrected chi connectivity index (χ0v) is 15.1. The highest BCUT2D eigenvalue weighted by atomic mass is 79.9. The van der Waals surface area contributed by atoms with Gasteiger partial charge in [-0.05, 0) is 44.0 Å². The number of aromatic nitrogens is 2. The molecule has 0 spiro atoms. The van der Waals surface area contributed by atoms with Gasteiger partial charge in [0.2, 0.25) is 0 Å². The molecule has 124 valence electrons. The molecule has 2 heterocycles. The van der Waals surface area contributed by atoms with E-state index in [1.807, 2.05) is 0 Å². The van der Waals surface area contributed by atoms with Crippen LogP contribution in [0.25, 0.3) is 0 Å². The van der Waals surface area contributed by atoms with Crippen LogP contribution in [0.2, 0.25) is 0 Å². The smallest absolute Gasteiger partial charge is 0.303 e. The zero-order chi connectivity index (χ0) is 17.4. The second-order valence-corrected chi connectivity index (χ2v) is 5.83. The molecule has 0 fully saturated rings. The largest absolute Gasteiger partial charge is 0.459 e. The molecule has 0 aliphatic carbocycles. The number of hydrogen-bond acceptors (Lipinski definition) is 5. The Labute approximate surface area is 148 Å². The van der Waals surface area contributed by atoms with Crippen molar-refractivity contribution in [3.8, 4) is 0 Å². The lowest BCUT2D eigenvalue weighted by Crippen LogP contribution is -2.01. The molecule has 0 atom stereocenters. The quantitative estimate of drug-likeness (QED) is 0.720. The van der Waals surface area contributed by atoms with Crippen LogP contribution in [-0.2, 0) is 22.7 Å². The maximum Gasteiger partial charge on any atom is 0.303 e. The summed E-state index contributed by atoms with van der Waals surface area (Å²) in [6, 6.07) is 2.91. The van der Waals surface area contributed by atoms with Gasteiger partial charge in [-0.3, -0.25) is 14.8 Å². The summed E-state index contributed by atoms with van der Waals surface area (Å²) in [4.78, 5) is 17.8. The van der Waals surface area contributed by atoms with Crippen LogP contribution >= 0.6 is 31.9 Å². The number of aliphatic hydroxyl groups excluding tert-OH is 1. The van der Waals surface area contributed by atoms with Crippen molar-refractivity contribution >= 4 is 37.8 Å². The van der Waals surface area contributed by atoms with E-state index < -0.39 is 11.6 Å². The molecule has 0 radical (unpaired) electrons. The number of ether oxygens (including phenoxy) is 1. The van der Waals surface area contributed by atoms with E-state index in [4.69, 9.17) is 5.11 Å². The summed E-state index contributed by atoms with van der Waals surface area (Å²) in [5.41, 5.74) is 0.955. The second kappa shape index (κ2) is 9.64. The number of hydrogen-bond donors (Lipinski definition) is 1. The molecule has 0 saturated heterocycles. The fourth-order valence-corrected chi connectivity index (χ4v) is 1.98. The van der Waals surface area contributed by atoms with Gasteiger partial charge < -0.3 is 9.84 Å². The van der Waals surface area contributed by atoms with E-state index in [9.17, 15) is 13.6 Å². The Hall–Kier alpha value is -1.45. The predicted octanol–water partition coefficient (Wildman–Crippen LogP) is 3.52. The van der Waals surface area contributed by atoms with Crippen molar-refractivity contribution in [2.75, 3.05) is 0 Å². The number of esters is 1. The van der Waals surface area contributed by atoms with E-state index >= 15 is 0 Å². The van der Waals surface area contributed by atoms with Crippen LogP contribution in [0.4, 0.5) is 8.78 Å². The Balaban J connectivity index is 0.000000238. The molecule has 23 heavy (non-hydrogen) atoms. The summed E-state index contributed by atoms with van der Waals surface area (Å²) < 4.78 is 30.4. The predicted molar refractivity (Wildman–Crippen MR) is 85.2 cm³/mol. The Bertz CT molecular complexity index is 687. The SMILES string of the molecule is CC(=O)OCc1cc(Br)c(F)cn1.OCc1cc(Br)c(F)cn1. The number of nitrogens with zero attached hydrogens (tertiary/aromatic N) is 2. The lowest BCUT2D eigenvalue weighted by molar-refractivity contribution is -0.142. The van der Waals surface area contributed by atoms with Crippen molar-refractivity contribution in [3.63, 3.8) is 0 Å². The number of carbonyl (C=O) groups excluding carboxylic acids is 1. The van der Waals surface area contributed by atoms with Gasteiger partial charge in [-0.25, -0.2) is 8.78 Å². The van der Waals surface area contributed by atoms with E-state index in [2.05, 4.69) is 46.6 Å². The maximum atomic E-state index is 12.7. The van der Waals surface area contributed by atoms with Crippen LogP contribution in [0.1, 0.15) is 18.3 Å². The number of aliphatic hydroxyl groups is 1. The maximum absolute atomic E-state index is 12.7. The standard InChI is InChI=1S/C8H7BrFNO2.C6H5BrFNO/c1-5(12)13-4-6-2-7(9)8(10)3-11-6;7-5-1-4(3-10)9-2-6(5)8/h2-3H,4H2,1H3;1-2,10H,3H2. The first-order chi connectivity index (χ1) is 10.8. The van der Waals surface area contributed by atoms with Gasteiger partial charge in [0.1, 0.15) is 6.61 Å². The third-order valence-corrected chi connectivity index (χ3v) is 3.53. The highest BCUT2D eigenvalue weighted by Gasteiger charge is 2.03. The van der Waals surface area contributed by atoms with Gasteiger partial charge in [-0.2, -0.15) is 0 Å². The molecular formula is C14H12Br2F2N2O3. The molecule has 2 aromatic heterocycles. The first-order valence-electron chi connectivity index (χ1n) is 6.17. The average molecular weight is 454 g/mol. The van der Waals surface area contributed by atoms with Gasteiger partial charge in [0.05, 0.1) is 39.3 Å². The molecule has 0 aliphatic heterocycles. The summed E-state index contributed by atoms with van der Waals surface area (Å²) in [5.74, 6) is -1.24. The topological polar surface area (TPSA) is 72.3 Å². The van der Waals surface area contributed by atoms with E-state index in [-0.39, 0.29) is 19.2 Å². The number of rotatable bonds is 3. The van der Waals surface area contributed by atoms with Crippen molar-refractivity contribution in [1.82, 2.24) is 9.97 Å². The fraction of sp³-hybridized carbons (Fsp3) is 0.214. The lowest BCUT2D eigenvalue weighted by atomic mass is 10.4. The van der Waals surface area contributed by atoms with Gasteiger partial charge in [0.25, 0.3) is 0 Å². The van der Waals surface area contributed by atoms with E-state index in [0.717, 1.165) is 12.4 Å². The number of halogens is 4. The fourth-order valence-electron chi connectivity index (χ4n) is 1.25. The second-order valence-electron chi connectivity index (χ2n) is 4.12. The van der Waals surface area contributed by atoms with Crippen LogP contribution < -0.4 is 0 Å². The highest BCUT2D eigenvalue weighted by molar-refractivity contribution is 9.10. The summed E-state index contributed by atoms with van der Waals surface area (Å²) in [6.45, 7) is 1.20. The van der Waals surface area contributed by atoms with Crippen molar-refractivity contribution in [3.05, 3.63) is 56.5 Å². The van der Waals surface area contributed by atoms with Gasteiger partial charge >= 0.3 is 5.97 Å². The first-order valence-corrected chi connectivity index (χ1v) is 7.76. The van der Waals surface area contributed by atoms with Crippen molar-refractivity contribution in [2.45, 2.75) is 20.1 Å². The molecule has 0 saturated carbocycles. The molecule has 0 aliphatic rings. The monoisotopic (exact) mass is 452 g/mol. The van der Waals surface area contributed by atoms with Gasteiger partial charge in [0.15, 0.2) is 11.6 Å². The van der Waals surface area contributed by atoms with Crippen LogP contribution in [-0.4, -0.2) is 21.0 Å². The Morgan fingerprint density at radius 1 is 1.13 bits per heavy atom. The van der Waals surface area contributed by atoms with E-state index in [1.54, 1.807) is 0 Å². The molecule has 5 nitrogen and oxygen atoms in total. The van der Waals surface area contributed by atoms with Crippen LogP contribution in [0.5, 0.6) is 0 Å². The summed E-state index contributed by atoms with van der Waals surface area (Å²) >= 11 is 5.96. The van der Waals surface area contributed by atoms with Crippen LogP contribution in [0.15, 0.2) is 33.5 Å². The first kappa shape index (κ1) is 19.6. The summed E-state index contributed by atoms with van der Waals surface area (Å²) in [5, 5.41) is 8.55. The molecular weight excluding hydrogens is 442 g/mol. The molecule has 0 amide bonds. The minimum Gasteiger partial charge on any atom is -0.459 e. The van der Waals surface area contributed by atoms with E-state index in [1.165, 1.54) is 19.1 Å². The van der Waals surface area contributed by atoms with Gasteiger partial charge in [0, 0.05) is 6.92 Å². The molecule has 0 aromatic carbocycles. The average Bonchev–Trinajstić information content (AvgIpc) is 2.52. The molecule has 2 rings (SSSR count). The van der Waals surface area contributed by atoms with Crippen molar-refractivity contribution < 1.29 is 23.4 Å². The molecule has 0 bridgehead atoms. The number of carbonyl (C=O) groups is 1. The molecule has 9 heteroatoms. The minimum atomic E-state index is -0.438. The Morgan fingerprint density at radius 2 is 1.61 bits per heavy atom. The molecule has 0 unspecified atom stereocenters. The number of pyridine rings is 2. The van der Waals surface area contributed by atoms with E-state index in [0.29, 0.717) is 20.3 Å². The van der Waals surface area contributed by atoms with Crippen LogP contribution in [0.3, 0.4) is 0 Å². The highest BCUT2D eigenvalue weighted by Crippen LogP contribution is 2.15. The Morgan fingerprint density at radius 3 is 2.04 bits per heavy atom.